The van der Waals surface area contributed by atoms with Crippen LogP contribution in [0.1, 0.15) is 24.3 Å². The lowest BCUT2D eigenvalue weighted by atomic mass is 9.99. The number of aryl methyl sites for hydroxylation is 1. The number of rotatable bonds is 4. The Morgan fingerprint density at radius 1 is 1.48 bits per heavy atom. The van der Waals surface area contributed by atoms with Crippen LogP contribution in [-0.4, -0.2) is 44.5 Å². The summed E-state index contributed by atoms with van der Waals surface area (Å²) < 4.78 is 1.51. The molecule has 8 heteroatoms. The van der Waals surface area contributed by atoms with Crippen molar-refractivity contribution in [2.24, 2.45) is 11.8 Å². The maximum atomic E-state index is 12.5. The fourth-order valence-corrected chi connectivity index (χ4v) is 2.65. The quantitative estimate of drug-likeness (QED) is 0.663. The minimum Gasteiger partial charge on any atom is -0.481 e. The number of nitrogens with zero attached hydrogens (tertiary/aromatic N) is 3. The molecule has 0 spiro atoms. The highest BCUT2D eigenvalue weighted by Gasteiger charge is 2.38. The normalized spacial score (nSPS) is 21.5. The van der Waals surface area contributed by atoms with Crippen LogP contribution in [-0.2, 0) is 11.3 Å². The molecule has 0 aromatic carbocycles. The minimum absolute atomic E-state index is 0.133. The molecule has 0 saturated carbocycles. The Hall–Kier alpha value is -2.38. The Morgan fingerprint density at radius 3 is 2.62 bits per heavy atom. The molecule has 2 atom stereocenters. The van der Waals surface area contributed by atoms with Crippen molar-refractivity contribution in [2.45, 2.75) is 20.4 Å². The maximum Gasteiger partial charge on any atom is 0.308 e. The Bertz CT molecular complexity index is 595. The molecule has 2 rings (SSSR count). The molecule has 2 heterocycles. The Balaban J connectivity index is 2.25. The minimum atomic E-state index is -0.922. The lowest BCUT2D eigenvalue weighted by molar-refractivity contribution is -0.384. The lowest BCUT2D eigenvalue weighted by Gasteiger charge is -2.16. The molecule has 1 fully saturated rings. The molecule has 1 aliphatic heterocycles. The third kappa shape index (κ3) is 2.74. The first-order chi connectivity index (χ1) is 9.85. The van der Waals surface area contributed by atoms with Crippen LogP contribution in [0.2, 0.25) is 0 Å². The van der Waals surface area contributed by atoms with E-state index in [0.29, 0.717) is 13.1 Å². The summed E-state index contributed by atoms with van der Waals surface area (Å²) in [6, 6.07) is 1.24. The second kappa shape index (κ2) is 5.55. The molecule has 1 N–H and O–H groups in total. The third-order valence-corrected chi connectivity index (χ3v) is 3.87. The van der Waals surface area contributed by atoms with E-state index in [2.05, 4.69) is 0 Å². The van der Waals surface area contributed by atoms with Crippen LogP contribution in [0.25, 0.3) is 0 Å². The highest BCUT2D eigenvalue weighted by atomic mass is 16.6. The molecular weight excluding hydrogens is 278 g/mol. The first-order valence-electron chi connectivity index (χ1n) is 6.71. The molecule has 0 radical (unpaired) electrons. The van der Waals surface area contributed by atoms with Gasteiger partial charge >= 0.3 is 5.97 Å². The molecule has 21 heavy (non-hydrogen) atoms. The smallest absolute Gasteiger partial charge is 0.308 e. The van der Waals surface area contributed by atoms with Crippen LogP contribution >= 0.6 is 0 Å². The summed E-state index contributed by atoms with van der Waals surface area (Å²) >= 11 is 0. The van der Waals surface area contributed by atoms with Crippen LogP contribution < -0.4 is 0 Å². The number of amides is 1. The topological polar surface area (TPSA) is 106 Å². The number of aromatic nitrogens is 1. The number of carbonyl (C=O) groups is 2. The Morgan fingerprint density at radius 2 is 2.14 bits per heavy atom. The zero-order valence-electron chi connectivity index (χ0n) is 11.9. The summed E-state index contributed by atoms with van der Waals surface area (Å²) in [6.07, 6.45) is 1.32. The molecule has 0 aliphatic carbocycles. The van der Waals surface area contributed by atoms with E-state index in [4.69, 9.17) is 5.11 Å². The van der Waals surface area contributed by atoms with Gasteiger partial charge in [-0.2, -0.15) is 0 Å². The summed E-state index contributed by atoms with van der Waals surface area (Å²) in [5.74, 6) is -2.00. The average Bonchev–Trinajstić information content (AvgIpc) is 3.01. The monoisotopic (exact) mass is 295 g/mol. The number of carbonyl (C=O) groups excluding carboxylic acids is 1. The van der Waals surface area contributed by atoms with E-state index in [1.165, 1.54) is 21.7 Å². The van der Waals surface area contributed by atoms with Gasteiger partial charge in [0.2, 0.25) is 0 Å². The van der Waals surface area contributed by atoms with Gasteiger partial charge in [-0.3, -0.25) is 19.7 Å². The third-order valence-electron chi connectivity index (χ3n) is 3.87. The molecule has 1 aromatic heterocycles. The first-order valence-corrected chi connectivity index (χ1v) is 6.71. The van der Waals surface area contributed by atoms with Crippen molar-refractivity contribution in [3.63, 3.8) is 0 Å². The van der Waals surface area contributed by atoms with Crippen LogP contribution in [0, 0.1) is 22.0 Å². The van der Waals surface area contributed by atoms with Gasteiger partial charge in [0, 0.05) is 25.7 Å². The van der Waals surface area contributed by atoms with E-state index in [-0.39, 0.29) is 29.8 Å². The maximum absolute atomic E-state index is 12.5. The highest BCUT2D eigenvalue weighted by Crippen LogP contribution is 2.26. The molecular formula is C13H17N3O5. The molecule has 0 bridgehead atoms. The number of carboxylic acids is 1. The van der Waals surface area contributed by atoms with Crippen LogP contribution in [0.5, 0.6) is 0 Å². The Labute approximate surface area is 121 Å². The van der Waals surface area contributed by atoms with Crippen molar-refractivity contribution in [2.75, 3.05) is 13.1 Å². The number of carboxylic acid groups (broad SMARTS) is 1. The van der Waals surface area contributed by atoms with Gasteiger partial charge in [0.25, 0.3) is 11.6 Å². The van der Waals surface area contributed by atoms with E-state index in [1.807, 2.05) is 0 Å². The summed E-state index contributed by atoms with van der Waals surface area (Å²) in [5, 5.41) is 19.9. The van der Waals surface area contributed by atoms with Gasteiger partial charge in [-0.1, -0.05) is 6.92 Å². The van der Waals surface area contributed by atoms with Crippen molar-refractivity contribution in [1.29, 1.82) is 0 Å². The van der Waals surface area contributed by atoms with Crippen LogP contribution in [0.3, 0.4) is 0 Å². The van der Waals surface area contributed by atoms with Crippen molar-refractivity contribution in [3.8, 4) is 0 Å². The SMILES string of the molecule is CCn1cc([N+](=O)[O-])cc1C(=O)N1C[C@@H](C)[C@H](C(=O)O)C1. The van der Waals surface area contributed by atoms with Gasteiger partial charge in [-0.25, -0.2) is 0 Å². The van der Waals surface area contributed by atoms with E-state index in [1.54, 1.807) is 13.8 Å². The van der Waals surface area contributed by atoms with Gasteiger partial charge in [-0.15, -0.1) is 0 Å². The predicted molar refractivity (Wildman–Crippen MR) is 73.0 cm³/mol. The second-order valence-electron chi connectivity index (χ2n) is 5.26. The van der Waals surface area contributed by atoms with Crippen molar-refractivity contribution >= 4 is 17.6 Å². The zero-order chi connectivity index (χ0) is 15.7. The summed E-state index contributed by atoms with van der Waals surface area (Å²) in [7, 11) is 0. The highest BCUT2D eigenvalue weighted by molar-refractivity contribution is 5.94. The van der Waals surface area contributed by atoms with E-state index in [9.17, 15) is 19.7 Å². The van der Waals surface area contributed by atoms with Crippen LogP contribution in [0.15, 0.2) is 12.3 Å². The van der Waals surface area contributed by atoms with Gasteiger partial charge in [0.15, 0.2) is 0 Å². The first kappa shape index (κ1) is 15.0. The number of hydrogen-bond donors (Lipinski definition) is 1. The summed E-state index contributed by atoms with van der Waals surface area (Å²) in [5.41, 5.74) is 0.0877. The number of hydrogen-bond acceptors (Lipinski definition) is 4. The zero-order valence-corrected chi connectivity index (χ0v) is 11.9. The predicted octanol–water partition coefficient (Wildman–Crippen LogP) is 1.21. The van der Waals surface area contributed by atoms with Gasteiger partial charge in [0.05, 0.1) is 17.0 Å². The fourth-order valence-electron chi connectivity index (χ4n) is 2.65. The van der Waals surface area contributed by atoms with Gasteiger partial charge < -0.3 is 14.6 Å². The van der Waals surface area contributed by atoms with E-state index in [0.717, 1.165) is 0 Å². The molecule has 114 valence electrons. The fraction of sp³-hybridized carbons (Fsp3) is 0.538. The molecule has 1 aliphatic rings. The molecule has 1 amide bonds. The van der Waals surface area contributed by atoms with Crippen LogP contribution in [0.4, 0.5) is 5.69 Å². The van der Waals surface area contributed by atoms with Gasteiger partial charge in [-0.05, 0) is 12.8 Å². The van der Waals surface area contributed by atoms with E-state index >= 15 is 0 Å². The molecule has 0 unspecified atom stereocenters. The molecule has 8 nitrogen and oxygen atoms in total. The lowest BCUT2D eigenvalue weighted by Crippen LogP contribution is -2.31. The number of nitro groups is 1. The van der Waals surface area contributed by atoms with Gasteiger partial charge in [0.1, 0.15) is 5.69 Å². The standard InChI is InChI=1S/C13H17N3O5/c1-3-14-6-9(16(20)21)4-11(14)12(17)15-5-8(2)10(7-15)13(18)19/h4,6,8,10H,3,5,7H2,1-2H3,(H,18,19)/t8-,10-/m1/s1. The van der Waals surface area contributed by atoms with E-state index < -0.39 is 16.8 Å². The van der Waals surface area contributed by atoms with Crippen molar-refractivity contribution in [1.82, 2.24) is 9.47 Å². The summed E-state index contributed by atoms with van der Waals surface area (Å²) in [6.45, 7) is 4.48. The molecule has 1 saturated heterocycles. The number of likely N-dealkylation sites (tertiary alicyclic amines) is 1. The van der Waals surface area contributed by atoms with Crippen molar-refractivity contribution < 1.29 is 19.6 Å². The van der Waals surface area contributed by atoms with Crippen molar-refractivity contribution in [3.05, 3.63) is 28.1 Å². The molecule has 1 aromatic rings. The Kier molecular flexibility index (Phi) is 3.97. The summed E-state index contributed by atoms with van der Waals surface area (Å²) in [4.78, 5) is 35.3. The second-order valence-corrected chi connectivity index (χ2v) is 5.26. The number of aliphatic carboxylic acids is 1. The average molecular weight is 295 g/mol. The largest absolute Gasteiger partial charge is 0.481 e.